The number of halogens is 1. The van der Waals surface area contributed by atoms with E-state index in [9.17, 15) is 4.79 Å². The molecule has 0 aliphatic carbocycles. The maximum Gasteiger partial charge on any atom is 0.224 e. The molecule has 0 saturated heterocycles. The van der Waals surface area contributed by atoms with E-state index in [1.54, 1.807) is 0 Å². The largest absolute Gasteiger partial charge is 0.353 e. The van der Waals surface area contributed by atoms with Crippen LogP contribution in [0.2, 0.25) is 0 Å². The number of carbonyl (C=O) groups excluding carboxylic acids is 1. The Bertz CT molecular complexity index is 583. The van der Waals surface area contributed by atoms with Crippen molar-refractivity contribution in [2.75, 3.05) is 0 Å². The number of aryl methyl sites for hydroxylation is 1. The van der Waals surface area contributed by atoms with Gasteiger partial charge in [0.2, 0.25) is 5.91 Å². The minimum Gasteiger partial charge on any atom is -0.353 e. The lowest BCUT2D eigenvalue weighted by atomic mass is 10.1. The Kier molecular flexibility index (Phi) is 6.00. The molecule has 0 bridgehead atoms. The van der Waals surface area contributed by atoms with Gasteiger partial charge in [-0.05, 0) is 43.0 Å². The number of benzene rings is 2. The fraction of sp³-hybridized carbons (Fsp3) is 0.278. The predicted molar refractivity (Wildman–Crippen MR) is 90.2 cm³/mol. The molecular weight excluding hydrogens is 326 g/mol. The van der Waals surface area contributed by atoms with Crippen LogP contribution < -0.4 is 5.32 Å². The molecule has 2 nitrogen and oxygen atoms in total. The maximum absolute atomic E-state index is 12.0. The van der Waals surface area contributed by atoms with Crippen LogP contribution in [0.25, 0.3) is 0 Å². The van der Waals surface area contributed by atoms with E-state index in [1.165, 1.54) is 5.56 Å². The summed E-state index contributed by atoms with van der Waals surface area (Å²) < 4.78 is 1.00. The number of hydrogen-bond donors (Lipinski definition) is 1. The SMILES string of the molecule is C[C@@H](CCc1ccccc1)NC(=O)Cc1cccc(Br)c1. The first kappa shape index (κ1) is 15.8. The van der Waals surface area contributed by atoms with Gasteiger partial charge in [0.15, 0.2) is 0 Å². The van der Waals surface area contributed by atoms with Gasteiger partial charge in [0.05, 0.1) is 6.42 Å². The summed E-state index contributed by atoms with van der Waals surface area (Å²) in [6.45, 7) is 2.06. The molecule has 1 atom stereocenters. The summed E-state index contributed by atoms with van der Waals surface area (Å²) in [5.74, 6) is 0.0775. The van der Waals surface area contributed by atoms with E-state index >= 15 is 0 Å². The van der Waals surface area contributed by atoms with Crippen LogP contribution in [0.1, 0.15) is 24.5 Å². The van der Waals surface area contributed by atoms with E-state index in [4.69, 9.17) is 0 Å². The van der Waals surface area contributed by atoms with Gasteiger partial charge < -0.3 is 5.32 Å². The molecule has 0 saturated carbocycles. The van der Waals surface area contributed by atoms with Crippen molar-refractivity contribution in [1.82, 2.24) is 5.32 Å². The van der Waals surface area contributed by atoms with Crippen molar-refractivity contribution < 1.29 is 4.79 Å². The molecule has 1 amide bonds. The van der Waals surface area contributed by atoms with Crippen molar-refractivity contribution in [3.63, 3.8) is 0 Å². The van der Waals surface area contributed by atoms with Crippen LogP contribution in [-0.4, -0.2) is 11.9 Å². The van der Waals surface area contributed by atoms with Gasteiger partial charge >= 0.3 is 0 Å². The second kappa shape index (κ2) is 7.99. The predicted octanol–water partition coefficient (Wildman–Crippen LogP) is 4.13. The Morgan fingerprint density at radius 3 is 2.52 bits per heavy atom. The molecule has 0 unspecified atom stereocenters. The third kappa shape index (κ3) is 5.72. The minimum atomic E-state index is 0.0775. The Morgan fingerprint density at radius 1 is 1.10 bits per heavy atom. The highest BCUT2D eigenvalue weighted by Crippen LogP contribution is 2.12. The van der Waals surface area contributed by atoms with Crippen LogP contribution in [0.3, 0.4) is 0 Å². The molecule has 0 aliphatic heterocycles. The lowest BCUT2D eigenvalue weighted by Crippen LogP contribution is -2.34. The summed E-state index contributed by atoms with van der Waals surface area (Å²) in [6.07, 6.45) is 2.36. The molecule has 0 heterocycles. The number of nitrogens with one attached hydrogen (secondary N) is 1. The molecule has 1 N–H and O–H groups in total. The standard InChI is InChI=1S/C18H20BrNO/c1-14(10-11-15-6-3-2-4-7-15)20-18(21)13-16-8-5-9-17(19)12-16/h2-9,12,14H,10-11,13H2,1H3,(H,20,21)/t14-/m0/s1. The summed E-state index contributed by atoms with van der Waals surface area (Å²) in [6, 6.07) is 18.4. The van der Waals surface area contributed by atoms with Crippen molar-refractivity contribution in [2.45, 2.75) is 32.2 Å². The van der Waals surface area contributed by atoms with E-state index < -0.39 is 0 Å². The van der Waals surface area contributed by atoms with Gasteiger partial charge in [-0.25, -0.2) is 0 Å². The number of rotatable bonds is 6. The van der Waals surface area contributed by atoms with Crippen LogP contribution in [0.5, 0.6) is 0 Å². The number of amides is 1. The van der Waals surface area contributed by atoms with Gasteiger partial charge in [-0.3, -0.25) is 4.79 Å². The first-order chi connectivity index (χ1) is 10.1. The third-order valence-electron chi connectivity index (χ3n) is 3.37. The molecule has 2 rings (SSSR count). The van der Waals surface area contributed by atoms with E-state index in [2.05, 4.69) is 40.3 Å². The van der Waals surface area contributed by atoms with Gasteiger partial charge in [0.25, 0.3) is 0 Å². The molecule has 0 aromatic heterocycles. The third-order valence-corrected chi connectivity index (χ3v) is 3.86. The fourth-order valence-corrected chi connectivity index (χ4v) is 2.70. The fourth-order valence-electron chi connectivity index (χ4n) is 2.26. The normalized spacial score (nSPS) is 11.9. The van der Waals surface area contributed by atoms with E-state index in [1.807, 2.05) is 42.5 Å². The van der Waals surface area contributed by atoms with Gasteiger partial charge in [-0.1, -0.05) is 58.4 Å². The van der Waals surface area contributed by atoms with E-state index in [0.717, 1.165) is 22.9 Å². The zero-order valence-electron chi connectivity index (χ0n) is 12.2. The topological polar surface area (TPSA) is 29.1 Å². The Balaban J connectivity index is 1.77. The molecule has 0 spiro atoms. The second-order valence-electron chi connectivity index (χ2n) is 5.30. The monoisotopic (exact) mass is 345 g/mol. The Morgan fingerprint density at radius 2 is 1.81 bits per heavy atom. The van der Waals surface area contributed by atoms with Gasteiger partial charge in [-0.2, -0.15) is 0 Å². The van der Waals surface area contributed by atoms with Gasteiger partial charge in [0, 0.05) is 10.5 Å². The summed E-state index contributed by atoms with van der Waals surface area (Å²) >= 11 is 3.42. The first-order valence-electron chi connectivity index (χ1n) is 7.21. The average molecular weight is 346 g/mol. The van der Waals surface area contributed by atoms with E-state index in [0.29, 0.717) is 6.42 Å². The van der Waals surface area contributed by atoms with Crippen LogP contribution in [-0.2, 0) is 17.6 Å². The van der Waals surface area contributed by atoms with Crippen LogP contribution in [0, 0.1) is 0 Å². The zero-order chi connectivity index (χ0) is 15.1. The number of carbonyl (C=O) groups is 1. The quantitative estimate of drug-likeness (QED) is 0.837. The van der Waals surface area contributed by atoms with E-state index in [-0.39, 0.29) is 11.9 Å². The summed E-state index contributed by atoms with van der Waals surface area (Å²) in [5.41, 5.74) is 2.34. The van der Waals surface area contributed by atoms with Gasteiger partial charge in [-0.15, -0.1) is 0 Å². The average Bonchev–Trinajstić information content (AvgIpc) is 2.46. The molecule has 2 aromatic carbocycles. The lowest BCUT2D eigenvalue weighted by Gasteiger charge is -2.14. The molecule has 3 heteroatoms. The van der Waals surface area contributed by atoms with Crippen molar-refractivity contribution in [2.24, 2.45) is 0 Å². The van der Waals surface area contributed by atoms with Gasteiger partial charge in [0.1, 0.15) is 0 Å². The van der Waals surface area contributed by atoms with Crippen molar-refractivity contribution in [1.29, 1.82) is 0 Å². The molecule has 110 valence electrons. The first-order valence-corrected chi connectivity index (χ1v) is 8.00. The molecule has 0 aliphatic rings. The summed E-state index contributed by atoms with van der Waals surface area (Å²) in [7, 11) is 0. The highest BCUT2D eigenvalue weighted by atomic mass is 79.9. The Hall–Kier alpha value is -1.61. The summed E-state index contributed by atoms with van der Waals surface area (Å²) in [5, 5.41) is 3.06. The Labute approximate surface area is 134 Å². The van der Waals surface area contributed by atoms with Crippen molar-refractivity contribution in [3.8, 4) is 0 Å². The molecule has 21 heavy (non-hydrogen) atoms. The second-order valence-corrected chi connectivity index (χ2v) is 6.22. The zero-order valence-corrected chi connectivity index (χ0v) is 13.8. The molecule has 0 fully saturated rings. The molecular formula is C18H20BrNO. The minimum absolute atomic E-state index is 0.0775. The molecule has 2 aromatic rings. The van der Waals surface area contributed by atoms with Crippen molar-refractivity contribution in [3.05, 3.63) is 70.2 Å². The van der Waals surface area contributed by atoms with Crippen LogP contribution in [0.15, 0.2) is 59.1 Å². The lowest BCUT2D eigenvalue weighted by molar-refractivity contribution is -0.121. The highest BCUT2D eigenvalue weighted by Gasteiger charge is 2.08. The molecule has 0 radical (unpaired) electrons. The highest BCUT2D eigenvalue weighted by molar-refractivity contribution is 9.10. The van der Waals surface area contributed by atoms with Crippen LogP contribution >= 0.6 is 15.9 Å². The summed E-state index contributed by atoms with van der Waals surface area (Å²) in [4.78, 5) is 12.0. The maximum atomic E-state index is 12.0. The van der Waals surface area contributed by atoms with Crippen LogP contribution in [0.4, 0.5) is 0 Å². The van der Waals surface area contributed by atoms with Crippen molar-refractivity contribution >= 4 is 21.8 Å². The number of hydrogen-bond acceptors (Lipinski definition) is 1. The smallest absolute Gasteiger partial charge is 0.224 e.